The zero-order valence-electron chi connectivity index (χ0n) is 11.9. The lowest BCUT2D eigenvalue weighted by Crippen LogP contribution is -2.18. The fourth-order valence-electron chi connectivity index (χ4n) is 2.86. The monoisotopic (exact) mass is 243 g/mol. The third-order valence-electron chi connectivity index (χ3n) is 4.01. The van der Waals surface area contributed by atoms with Crippen molar-refractivity contribution in [1.82, 2.24) is 5.32 Å². The fourth-order valence-corrected chi connectivity index (χ4v) is 2.86. The van der Waals surface area contributed by atoms with Crippen LogP contribution in [0.2, 0.25) is 0 Å². The zero-order valence-corrected chi connectivity index (χ0v) is 11.9. The van der Waals surface area contributed by atoms with Crippen LogP contribution >= 0.6 is 0 Å². The molecule has 0 amide bonds. The molecule has 1 aromatic carbocycles. The number of hydrogen-bond donors (Lipinski definition) is 1. The second-order valence-corrected chi connectivity index (χ2v) is 5.51. The maximum atomic E-state index is 3.49. The predicted molar refractivity (Wildman–Crippen MR) is 78.9 cm³/mol. The minimum absolute atomic E-state index is 0.467. The molecule has 1 unspecified atom stereocenters. The van der Waals surface area contributed by atoms with Gasteiger partial charge in [-0.3, -0.25) is 0 Å². The molecule has 1 atom stereocenters. The molecule has 0 saturated heterocycles. The van der Waals surface area contributed by atoms with Gasteiger partial charge in [-0.15, -0.1) is 0 Å². The molecule has 18 heavy (non-hydrogen) atoms. The number of nitrogens with one attached hydrogen (secondary N) is 1. The summed E-state index contributed by atoms with van der Waals surface area (Å²) in [7, 11) is 2.08. The highest BCUT2D eigenvalue weighted by atomic mass is 14.9. The van der Waals surface area contributed by atoms with E-state index in [0.717, 1.165) is 0 Å². The minimum atomic E-state index is 0.467. The maximum Gasteiger partial charge on any atom is 0.0357 e. The fraction of sp³-hybridized carbons (Fsp3) is 0.529. The molecule has 0 bridgehead atoms. The lowest BCUT2D eigenvalue weighted by Gasteiger charge is -2.22. The first-order chi connectivity index (χ1) is 8.70. The Balaban J connectivity index is 2.17. The molecule has 1 aliphatic carbocycles. The van der Waals surface area contributed by atoms with Crippen LogP contribution in [0.5, 0.6) is 0 Å². The third kappa shape index (κ3) is 3.23. The summed E-state index contributed by atoms with van der Waals surface area (Å²) in [5.74, 6) is 0. The summed E-state index contributed by atoms with van der Waals surface area (Å²) >= 11 is 0. The van der Waals surface area contributed by atoms with Gasteiger partial charge in [-0.2, -0.15) is 0 Å². The SMILES string of the molecule is CNC(CC1=CCCCC1)c1cc(C)ccc1C. The van der Waals surface area contributed by atoms with Gasteiger partial charge < -0.3 is 5.32 Å². The van der Waals surface area contributed by atoms with E-state index in [9.17, 15) is 0 Å². The maximum absolute atomic E-state index is 3.49. The molecule has 0 aromatic heterocycles. The van der Waals surface area contributed by atoms with Gasteiger partial charge in [0.1, 0.15) is 0 Å². The molecule has 0 fully saturated rings. The van der Waals surface area contributed by atoms with E-state index in [0.29, 0.717) is 6.04 Å². The van der Waals surface area contributed by atoms with Crippen LogP contribution in [-0.2, 0) is 0 Å². The van der Waals surface area contributed by atoms with E-state index in [2.05, 4.69) is 50.5 Å². The van der Waals surface area contributed by atoms with Crippen LogP contribution in [0.4, 0.5) is 0 Å². The van der Waals surface area contributed by atoms with Crippen LogP contribution in [0, 0.1) is 13.8 Å². The van der Waals surface area contributed by atoms with Crippen molar-refractivity contribution in [3.8, 4) is 0 Å². The first-order valence-electron chi connectivity index (χ1n) is 7.13. The molecule has 1 N–H and O–H groups in total. The topological polar surface area (TPSA) is 12.0 Å². The number of benzene rings is 1. The number of hydrogen-bond acceptors (Lipinski definition) is 1. The molecule has 2 rings (SSSR count). The van der Waals surface area contributed by atoms with Crippen LogP contribution in [0.1, 0.15) is 54.8 Å². The molecule has 1 aliphatic rings. The Morgan fingerprint density at radius 1 is 1.22 bits per heavy atom. The van der Waals surface area contributed by atoms with Gasteiger partial charge in [0.2, 0.25) is 0 Å². The van der Waals surface area contributed by atoms with Crippen molar-refractivity contribution in [1.29, 1.82) is 0 Å². The van der Waals surface area contributed by atoms with Crippen molar-refractivity contribution in [3.63, 3.8) is 0 Å². The van der Waals surface area contributed by atoms with Crippen molar-refractivity contribution in [3.05, 3.63) is 46.5 Å². The Bertz CT molecular complexity index is 431. The van der Waals surface area contributed by atoms with Crippen molar-refractivity contribution < 1.29 is 0 Å². The van der Waals surface area contributed by atoms with Crippen LogP contribution in [0.15, 0.2) is 29.8 Å². The first kappa shape index (κ1) is 13.4. The highest BCUT2D eigenvalue weighted by molar-refractivity contribution is 5.34. The van der Waals surface area contributed by atoms with Gasteiger partial charge in [-0.05, 0) is 64.1 Å². The standard InChI is InChI=1S/C17H25N/c1-13-9-10-14(2)16(11-13)17(18-3)12-15-7-5-4-6-8-15/h7,9-11,17-18H,4-6,8,12H2,1-3H3. The lowest BCUT2D eigenvalue weighted by molar-refractivity contribution is 0.556. The smallest absolute Gasteiger partial charge is 0.0357 e. The molecule has 0 saturated carbocycles. The Hall–Kier alpha value is -1.08. The van der Waals surface area contributed by atoms with E-state index in [1.54, 1.807) is 5.57 Å². The zero-order chi connectivity index (χ0) is 13.0. The normalized spacial score (nSPS) is 17.4. The average Bonchev–Trinajstić information content (AvgIpc) is 2.40. The van der Waals surface area contributed by atoms with Gasteiger partial charge in [-0.25, -0.2) is 0 Å². The van der Waals surface area contributed by atoms with Gasteiger partial charge in [0.05, 0.1) is 0 Å². The molecule has 1 nitrogen and oxygen atoms in total. The molecular formula is C17H25N. The molecule has 1 aromatic rings. The largest absolute Gasteiger partial charge is 0.313 e. The lowest BCUT2D eigenvalue weighted by atomic mass is 9.89. The quantitative estimate of drug-likeness (QED) is 0.770. The number of aryl methyl sites for hydroxylation is 2. The van der Waals surface area contributed by atoms with Crippen LogP contribution in [-0.4, -0.2) is 7.05 Å². The Morgan fingerprint density at radius 3 is 2.72 bits per heavy atom. The second-order valence-electron chi connectivity index (χ2n) is 5.51. The molecular weight excluding hydrogens is 218 g/mol. The van der Waals surface area contributed by atoms with Crippen LogP contribution in [0.3, 0.4) is 0 Å². The predicted octanol–water partition coefficient (Wildman–Crippen LogP) is 4.45. The molecule has 98 valence electrons. The molecule has 0 aliphatic heterocycles. The Morgan fingerprint density at radius 2 is 2.06 bits per heavy atom. The van der Waals surface area contributed by atoms with Gasteiger partial charge in [0.15, 0.2) is 0 Å². The number of rotatable bonds is 4. The Kier molecular flexibility index (Phi) is 4.60. The van der Waals surface area contributed by atoms with E-state index in [1.165, 1.54) is 48.8 Å². The molecule has 1 heteroatoms. The highest BCUT2D eigenvalue weighted by Gasteiger charge is 2.15. The van der Waals surface area contributed by atoms with Crippen molar-refractivity contribution in [2.45, 2.75) is 52.0 Å². The summed E-state index contributed by atoms with van der Waals surface area (Å²) in [6.45, 7) is 4.39. The van der Waals surface area contributed by atoms with Crippen molar-refractivity contribution >= 4 is 0 Å². The average molecular weight is 243 g/mol. The highest BCUT2D eigenvalue weighted by Crippen LogP contribution is 2.29. The van der Waals surface area contributed by atoms with Gasteiger partial charge in [0.25, 0.3) is 0 Å². The van der Waals surface area contributed by atoms with E-state index in [1.807, 2.05) is 0 Å². The summed E-state index contributed by atoms with van der Waals surface area (Å²) in [4.78, 5) is 0. The van der Waals surface area contributed by atoms with Gasteiger partial charge in [-0.1, -0.05) is 35.4 Å². The minimum Gasteiger partial charge on any atom is -0.313 e. The van der Waals surface area contributed by atoms with Gasteiger partial charge in [0, 0.05) is 6.04 Å². The second kappa shape index (κ2) is 6.19. The van der Waals surface area contributed by atoms with E-state index in [-0.39, 0.29) is 0 Å². The van der Waals surface area contributed by atoms with E-state index >= 15 is 0 Å². The Labute approximate surface area is 111 Å². The van der Waals surface area contributed by atoms with Crippen LogP contribution < -0.4 is 5.32 Å². The van der Waals surface area contributed by atoms with Crippen molar-refractivity contribution in [2.75, 3.05) is 7.05 Å². The molecule has 0 heterocycles. The summed E-state index contributed by atoms with van der Waals surface area (Å²) in [6, 6.07) is 7.24. The molecule has 0 spiro atoms. The van der Waals surface area contributed by atoms with E-state index in [4.69, 9.17) is 0 Å². The number of allylic oxidation sites excluding steroid dienone is 1. The molecule has 0 radical (unpaired) electrons. The van der Waals surface area contributed by atoms with Crippen LogP contribution in [0.25, 0.3) is 0 Å². The van der Waals surface area contributed by atoms with Gasteiger partial charge >= 0.3 is 0 Å². The first-order valence-corrected chi connectivity index (χ1v) is 7.13. The summed E-state index contributed by atoms with van der Waals surface area (Å²) < 4.78 is 0. The van der Waals surface area contributed by atoms with E-state index < -0.39 is 0 Å². The van der Waals surface area contributed by atoms with Crippen molar-refractivity contribution in [2.24, 2.45) is 0 Å². The third-order valence-corrected chi connectivity index (χ3v) is 4.01. The summed E-state index contributed by atoms with van der Waals surface area (Å²) in [6.07, 6.45) is 8.94. The summed E-state index contributed by atoms with van der Waals surface area (Å²) in [5, 5.41) is 3.49. The summed E-state index contributed by atoms with van der Waals surface area (Å²) in [5.41, 5.74) is 5.86.